The van der Waals surface area contributed by atoms with Gasteiger partial charge in [0.15, 0.2) is 12.1 Å². The molecule has 0 bridgehead atoms. The SMILES string of the molecule is [N-]=[N+]=N[C@H]1C(=O)O[C@H](CO)[C@@H]1O. The molecule has 7 heteroatoms. The molecule has 1 aliphatic rings. The first-order chi connectivity index (χ1) is 5.70. The molecular formula is C5H7N3O4. The Labute approximate surface area is 67.2 Å². The Kier molecular flexibility index (Phi) is 2.49. The predicted molar refractivity (Wildman–Crippen MR) is 35.9 cm³/mol. The number of cyclic esters (lactones) is 1. The predicted octanol–water partition coefficient (Wildman–Crippen LogP) is -1.06. The van der Waals surface area contributed by atoms with Crippen molar-refractivity contribution >= 4 is 5.97 Å². The highest BCUT2D eigenvalue weighted by atomic mass is 16.6. The summed E-state index contributed by atoms with van der Waals surface area (Å²) in [7, 11) is 0. The lowest BCUT2D eigenvalue weighted by Crippen LogP contribution is -2.31. The second kappa shape index (κ2) is 3.40. The van der Waals surface area contributed by atoms with Gasteiger partial charge in [0.1, 0.15) is 6.10 Å². The summed E-state index contributed by atoms with van der Waals surface area (Å²) in [5.41, 5.74) is 8.00. The number of aliphatic hydroxyl groups is 2. The van der Waals surface area contributed by atoms with E-state index in [2.05, 4.69) is 14.8 Å². The van der Waals surface area contributed by atoms with Crippen LogP contribution < -0.4 is 0 Å². The van der Waals surface area contributed by atoms with Crippen LogP contribution >= 0.6 is 0 Å². The number of nitrogens with zero attached hydrogens (tertiary/aromatic N) is 3. The van der Waals surface area contributed by atoms with Gasteiger partial charge in [0.05, 0.1) is 6.61 Å². The van der Waals surface area contributed by atoms with Gasteiger partial charge in [0, 0.05) is 4.91 Å². The lowest BCUT2D eigenvalue weighted by Gasteiger charge is -2.08. The number of hydrogen-bond acceptors (Lipinski definition) is 5. The summed E-state index contributed by atoms with van der Waals surface area (Å²) in [6, 6.07) is -1.23. The van der Waals surface area contributed by atoms with E-state index in [-0.39, 0.29) is 0 Å². The fraction of sp³-hybridized carbons (Fsp3) is 0.800. The zero-order chi connectivity index (χ0) is 9.14. The molecule has 2 N–H and O–H groups in total. The van der Waals surface area contributed by atoms with E-state index in [1.54, 1.807) is 0 Å². The molecule has 0 aromatic carbocycles. The lowest BCUT2D eigenvalue weighted by molar-refractivity contribution is -0.143. The van der Waals surface area contributed by atoms with Gasteiger partial charge in [-0.15, -0.1) is 0 Å². The van der Waals surface area contributed by atoms with E-state index in [0.29, 0.717) is 0 Å². The van der Waals surface area contributed by atoms with Crippen LogP contribution in [0.15, 0.2) is 5.11 Å². The third kappa shape index (κ3) is 1.33. The summed E-state index contributed by atoms with van der Waals surface area (Å²) in [6.45, 7) is -0.482. The van der Waals surface area contributed by atoms with Crippen LogP contribution in [0.5, 0.6) is 0 Å². The van der Waals surface area contributed by atoms with Crippen molar-refractivity contribution in [2.24, 2.45) is 5.11 Å². The Balaban J connectivity index is 2.76. The van der Waals surface area contributed by atoms with Gasteiger partial charge in [-0.25, -0.2) is 0 Å². The standard InChI is InChI=1S/C5H7N3O4/c6-8-7-3-4(10)2(1-9)12-5(3)11/h2-4,9-10H,1H2/t2-,3-,4+/m1/s1. The van der Waals surface area contributed by atoms with Crippen molar-refractivity contribution in [2.75, 3.05) is 6.61 Å². The number of esters is 1. The molecule has 1 saturated heterocycles. The van der Waals surface area contributed by atoms with Crippen molar-refractivity contribution in [2.45, 2.75) is 18.2 Å². The Morgan fingerprint density at radius 2 is 2.42 bits per heavy atom. The van der Waals surface area contributed by atoms with Crippen LogP contribution in [-0.2, 0) is 9.53 Å². The number of ether oxygens (including phenoxy) is 1. The van der Waals surface area contributed by atoms with Gasteiger partial charge in [-0.05, 0) is 5.53 Å². The minimum absolute atomic E-state index is 0.482. The molecular weight excluding hydrogens is 166 g/mol. The van der Waals surface area contributed by atoms with Gasteiger partial charge in [-0.3, -0.25) is 4.79 Å². The highest BCUT2D eigenvalue weighted by Gasteiger charge is 2.42. The molecule has 0 radical (unpaired) electrons. The highest BCUT2D eigenvalue weighted by Crippen LogP contribution is 2.18. The van der Waals surface area contributed by atoms with E-state index in [1.807, 2.05) is 0 Å². The second-order valence-corrected chi connectivity index (χ2v) is 2.30. The number of carbonyl (C=O) groups is 1. The summed E-state index contributed by atoms with van der Waals surface area (Å²) in [6.07, 6.45) is -2.23. The van der Waals surface area contributed by atoms with E-state index in [0.717, 1.165) is 0 Å². The molecule has 0 saturated carbocycles. The van der Waals surface area contributed by atoms with Crippen LogP contribution in [0.4, 0.5) is 0 Å². The van der Waals surface area contributed by atoms with Gasteiger partial charge < -0.3 is 14.9 Å². The van der Waals surface area contributed by atoms with Crippen LogP contribution in [0.2, 0.25) is 0 Å². The van der Waals surface area contributed by atoms with Crippen LogP contribution in [0.1, 0.15) is 0 Å². The third-order valence-corrected chi connectivity index (χ3v) is 1.57. The zero-order valence-corrected chi connectivity index (χ0v) is 5.99. The molecule has 0 aromatic rings. The van der Waals surface area contributed by atoms with Crippen LogP contribution in [0.25, 0.3) is 10.4 Å². The number of hydrogen-bond donors (Lipinski definition) is 2. The first-order valence-electron chi connectivity index (χ1n) is 3.24. The van der Waals surface area contributed by atoms with E-state index in [1.165, 1.54) is 0 Å². The average Bonchev–Trinajstić information content (AvgIpc) is 2.32. The smallest absolute Gasteiger partial charge is 0.318 e. The Hall–Kier alpha value is -1.30. The molecule has 0 unspecified atom stereocenters. The topological polar surface area (TPSA) is 116 Å². The molecule has 1 fully saturated rings. The van der Waals surface area contributed by atoms with E-state index in [9.17, 15) is 9.90 Å². The molecule has 0 aliphatic carbocycles. The van der Waals surface area contributed by atoms with E-state index < -0.39 is 30.8 Å². The lowest BCUT2D eigenvalue weighted by atomic mass is 10.1. The minimum atomic E-state index is -1.25. The van der Waals surface area contributed by atoms with Crippen LogP contribution in [-0.4, -0.2) is 41.0 Å². The van der Waals surface area contributed by atoms with Crippen LogP contribution in [0.3, 0.4) is 0 Å². The number of carbonyl (C=O) groups excluding carboxylic acids is 1. The van der Waals surface area contributed by atoms with Gasteiger partial charge >= 0.3 is 5.97 Å². The van der Waals surface area contributed by atoms with E-state index >= 15 is 0 Å². The number of azide groups is 1. The van der Waals surface area contributed by atoms with E-state index in [4.69, 9.17) is 10.6 Å². The zero-order valence-electron chi connectivity index (χ0n) is 5.99. The molecule has 1 heterocycles. The summed E-state index contributed by atoms with van der Waals surface area (Å²) in [5, 5.41) is 20.8. The summed E-state index contributed by atoms with van der Waals surface area (Å²) < 4.78 is 4.48. The fourth-order valence-electron chi connectivity index (χ4n) is 0.948. The quantitative estimate of drug-likeness (QED) is 0.239. The minimum Gasteiger partial charge on any atom is -0.457 e. The molecule has 0 amide bonds. The monoisotopic (exact) mass is 173 g/mol. The summed E-state index contributed by atoms with van der Waals surface area (Å²) >= 11 is 0. The molecule has 3 atom stereocenters. The maximum Gasteiger partial charge on any atom is 0.318 e. The fourth-order valence-corrected chi connectivity index (χ4v) is 0.948. The number of aliphatic hydroxyl groups excluding tert-OH is 2. The molecule has 12 heavy (non-hydrogen) atoms. The second-order valence-electron chi connectivity index (χ2n) is 2.30. The normalized spacial score (nSPS) is 34.2. The Morgan fingerprint density at radius 1 is 1.75 bits per heavy atom. The van der Waals surface area contributed by atoms with Crippen molar-refractivity contribution in [3.05, 3.63) is 10.4 Å². The van der Waals surface area contributed by atoms with Crippen molar-refractivity contribution in [1.82, 2.24) is 0 Å². The summed E-state index contributed by atoms with van der Waals surface area (Å²) in [4.78, 5) is 13.2. The van der Waals surface area contributed by atoms with Gasteiger partial charge in [-0.2, -0.15) is 0 Å². The molecule has 66 valence electrons. The van der Waals surface area contributed by atoms with Crippen molar-refractivity contribution in [3.8, 4) is 0 Å². The average molecular weight is 173 g/mol. The van der Waals surface area contributed by atoms with Crippen molar-refractivity contribution in [3.63, 3.8) is 0 Å². The van der Waals surface area contributed by atoms with Crippen molar-refractivity contribution < 1.29 is 19.7 Å². The maximum atomic E-state index is 10.8. The third-order valence-electron chi connectivity index (χ3n) is 1.57. The van der Waals surface area contributed by atoms with Gasteiger partial charge in [-0.1, -0.05) is 5.11 Å². The largest absolute Gasteiger partial charge is 0.457 e. The first-order valence-corrected chi connectivity index (χ1v) is 3.24. The molecule has 1 rings (SSSR count). The Morgan fingerprint density at radius 3 is 2.83 bits per heavy atom. The molecule has 0 aromatic heterocycles. The van der Waals surface area contributed by atoms with Gasteiger partial charge in [0.2, 0.25) is 0 Å². The maximum absolute atomic E-state index is 10.8. The van der Waals surface area contributed by atoms with Crippen molar-refractivity contribution in [1.29, 1.82) is 0 Å². The Bertz CT molecular complexity index is 237. The number of rotatable bonds is 2. The highest BCUT2D eigenvalue weighted by molar-refractivity contribution is 5.79. The first kappa shape index (κ1) is 8.79. The van der Waals surface area contributed by atoms with Crippen LogP contribution in [0, 0.1) is 0 Å². The molecule has 7 nitrogen and oxygen atoms in total. The van der Waals surface area contributed by atoms with Gasteiger partial charge in [0.25, 0.3) is 0 Å². The summed E-state index contributed by atoms with van der Waals surface area (Å²) in [5.74, 6) is -0.806. The molecule has 0 spiro atoms. The molecule has 1 aliphatic heterocycles.